The van der Waals surface area contributed by atoms with Gasteiger partial charge in [0.05, 0.1) is 29.3 Å². The zero-order chi connectivity index (χ0) is 21.0. The molecule has 1 amide bonds. The van der Waals surface area contributed by atoms with Crippen LogP contribution in [0.25, 0.3) is 0 Å². The van der Waals surface area contributed by atoms with E-state index in [0.717, 1.165) is 5.56 Å². The van der Waals surface area contributed by atoms with Crippen molar-refractivity contribution in [3.63, 3.8) is 0 Å². The minimum absolute atomic E-state index is 0.179. The molecule has 0 atom stereocenters. The van der Waals surface area contributed by atoms with Crippen LogP contribution in [0.2, 0.25) is 5.02 Å². The number of methoxy groups -OCH3 is 1. The number of nitrogens with zero attached hydrogens (tertiary/aromatic N) is 2. The summed E-state index contributed by atoms with van der Waals surface area (Å²) in [6.07, 6.45) is 0. The second-order valence-corrected chi connectivity index (χ2v) is 9.23. The molecule has 1 N–H and O–H groups in total. The van der Waals surface area contributed by atoms with Gasteiger partial charge in [0.2, 0.25) is 15.9 Å². The highest BCUT2D eigenvalue weighted by Gasteiger charge is 2.29. The van der Waals surface area contributed by atoms with Gasteiger partial charge in [-0.25, -0.2) is 8.42 Å². The van der Waals surface area contributed by atoms with Crippen LogP contribution in [0.5, 0.6) is 5.75 Å². The number of amides is 1. The lowest BCUT2D eigenvalue weighted by atomic mass is 10.2. The average molecular weight is 438 g/mol. The van der Waals surface area contributed by atoms with E-state index in [1.807, 2.05) is 17.9 Å². The second kappa shape index (κ2) is 9.13. The van der Waals surface area contributed by atoms with Crippen molar-refractivity contribution in [1.82, 2.24) is 9.21 Å². The van der Waals surface area contributed by atoms with Gasteiger partial charge in [-0.3, -0.25) is 9.69 Å². The standard InChI is InChI=1S/C20H24ClN3O4S/c1-15-3-8-19(18(21)13-15)22-20(25)14-23-9-11-24(12-10-23)29(26,27)17-6-4-16(28-2)5-7-17/h3-8,13H,9-12,14H2,1-2H3,(H,22,25). The van der Waals surface area contributed by atoms with Crippen LogP contribution in [0.15, 0.2) is 47.4 Å². The molecular weight excluding hydrogens is 414 g/mol. The number of hydrogen-bond acceptors (Lipinski definition) is 5. The molecular formula is C20H24ClN3O4S. The normalized spacial score (nSPS) is 15.8. The van der Waals surface area contributed by atoms with Crippen molar-refractivity contribution in [2.75, 3.05) is 45.2 Å². The molecule has 1 saturated heterocycles. The first kappa shape index (κ1) is 21.6. The maximum absolute atomic E-state index is 12.8. The fourth-order valence-electron chi connectivity index (χ4n) is 3.14. The monoisotopic (exact) mass is 437 g/mol. The molecule has 1 heterocycles. The van der Waals surface area contributed by atoms with E-state index in [1.54, 1.807) is 36.4 Å². The number of halogens is 1. The van der Waals surface area contributed by atoms with Crippen molar-refractivity contribution in [3.05, 3.63) is 53.1 Å². The molecule has 9 heteroatoms. The topological polar surface area (TPSA) is 79.0 Å². The number of benzene rings is 2. The van der Waals surface area contributed by atoms with Gasteiger partial charge in [0.1, 0.15) is 5.75 Å². The number of sulfonamides is 1. The first-order valence-corrected chi connectivity index (χ1v) is 11.0. The molecule has 3 rings (SSSR count). The zero-order valence-corrected chi connectivity index (χ0v) is 18.0. The quantitative estimate of drug-likeness (QED) is 0.751. The third-order valence-electron chi connectivity index (χ3n) is 4.79. The average Bonchev–Trinajstić information content (AvgIpc) is 2.70. The Hall–Kier alpha value is -2.13. The summed E-state index contributed by atoms with van der Waals surface area (Å²) in [6.45, 7) is 3.71. The third kappa shape index (κ3) is 5.27. The van der Waals surface area contributed by atoms with E-state index in [4.69, 9.17) is 16.3 Å². The highest BCUT2D eigenvalue weighted by Crippen LogP contribution is 2.23. The molecule has 0 spiro atoms. The van der Waals surface area contributed by atoms with Crippen LogP contribution in [0.3, 0.4) is 0 Å². The number of nitrogens with one attached hydrogen (secondary N) is 1. The number of carbonyl (C=O) groups is 1. The summed E-state index contributed by atoms with van der Waals surface area (Å²) in [4.78, 5) is 14.5. The zero-order valence-electron chi connectivity index (χ0n) is 16.4. The Bertz CT molecular complexity index is 972. The van der Waals surface area contributed by atoms with Gasteiger partial charge in [-0.05, 0) is 48.9 Å². The Kier molecular flexibility index (Phi) is 6.79. The van der Waals surface area contributed by atoms with Gasteiger partial charge in [0, 0.05) is 26.2 Å². The van der Waals surface area contributed by atoms with Crippen LogP contribution in [-0.4, -0.2) is 63.4 Å². The van der Waals surface area contributed by atoms with E-state index >= 15 is 0 Å². The molecule has 2 aromatic carbocycles. The lowest BCUT2D eigenvalue weighted by molar-refractivity contribution is -0.117. The summed E-state index contributed by atoms with van der Waals surface area (Å²) in [7, 11) is -2.03. The van der Waals surface area contributed by atoms with Gasteiger partial charge in [-0.15, -0.1) is 0 Å². The lowest BCUT2D eigenvalue weighted by Gasteiger charge is -2.33. The number of aryl methyl sites for hydroxylation is 1. The van der Waals surface area contributed by atoms with Crippen molar-refractivity contribution < 1.29 is 17.9 Å². The summed E-state index contributed by atoms with van der Waals surface area (Å²) in [6, 6.07) is 11.8. The molecule has 2 aromatic rings. The molecule has 0 bridgehead atoms. The molecule has 1 aliphatic rings. The van der Waals surface area contributed by atoms with E-state index < -0.39 is 10.0 Å². The molecule has 0 saturated carbocycles. The maximum atomic E-state index is 12.8. The summed E-state index contributed by atoms with van der Waals surface area (Å²) in [5.74, 6) is 0.427. The van der Waals surface area contributed by atoms with Crippen molar-refractivity contribution >= 4 is 33.2 Å². The van der Waals surface area contributed by atoms with Crippen molar-refractivity contribution in [1.29, 1.82) is 0 Å². The number of carbonyl (C=O) groups excluding carboxylic acids is 1. The molecule has 0 aliphatic carbocycles. The second-order valence-electron chi connectivity index (χ2n) is 6.89. The van der Waals surface area contributed by atoms with Gasteiger partial charge >= 0.3 is 0 Å². The Balaban J connectivity index is 1.54. The van der Waals surface area contributed by atoms with Crippen LogP contribution >= 0.6 is 11.6 Å². The van der Waals surface area contributed by atoms with Crippen LogP contribution in [0, 0.1) is 6.92 Å². The maximum Gasteiger partial charge on any atom is 0.243 e. The van der Waals surface area contributed by atoms with Crippen molar-refractivity contribution in [2.45, 2.75) is 11.8 Å². The van der Waals surface area contributed by atoms with Gasteiger partial charge in [-0.1, -0.05) is 17.7 Å². The highest BCUT2D eigenvalue weighted by atomic mass is 35.5. The van der Waals surface area contributed by atoms with E-state index in [2.05, 4.69) is 5.32 Å². The molecule has 156 valence electrons. The van der Waals surface area contributed by atoms with Crippen LogP contribution in [0.1, 0.15) is 5.56 Å². The number of hydrogen-bond donors (Lipinski definition) is 1. The predicted octanol–water partition coefficient (Wildman–Crippen LogP) is 2.60. The van der Waals surface area contributed by atoms with Gasteiger partial charge in [0.15, 0.2) is 0 Å². The summed E-state index contributed by atoms with van der Waals surface area (Å²) < 4.78 is 32.1. The first-order valence-electron chi connectivity index (χ1n) is 9.22. The van der Waals surface area contributed by atoms with Gasteiger partial charge < -0.3 is 10.1 Å². The lowest BCUT2D eigenvalue weighted by Crippen LogP contribution is -2.50. The SMILES string of the molecule is COc1ccc(S(=O)(=O)N2CCN(CC(=O)Nc3ccc(C)cc3Cl)CC2)cc1. The van der Waals surface area contributed by atoms with Gasteiger partial charge in [0.25, 0.3) is 0 Å². The fourth-order valence-corrected chi connectivity index (χ4v) is 4.84. The van der Waals surface area contributed by atoms with Crippen LogP contribution < -0.4 is 10.1 Å². The van der Waals surface area contributed by atoms with E-state index in [9.17, 15) is 13.2 Å². The Morgan fingerprint density at radius 3 is 2.34 bits per heavy atom. The minimum atomic E-state index is -3.56. The molecule has 0 unspecified atom stereocenters. The molecule has 1 fully saturated rings. The highest BCUT2D eigenvalue weighted by molar-refractivity contribution is 7.89. The number of rotatable bonds is 6. The Labute approximate surface area is 176 Å². The molecule has 1 aliphatic heterocycles. The van der Waals surface area contributed by atoms with E-state index in [-0.39, 0.29) is 17.3 Å². The smallest absolute Gasteiger partial charge is 0.243 e. The summed E-state index contributed by atoms with van der Waals surface area (Å²) in [5.41, 5.74) is 1.59. The Morgan fingerprint density at radius 2 is 1.76 bits per heavy atom. The predicted molar refractivity (Wildman–Crippen MR) is 113 cm³/mol. The largest absolute Gasteiger partial charge is 0.497 e. The van der Waals surface area contributed by atoms with Crippen molar-refractivity contribution in [2.24, 2.45) is 0 Å². The van der Waals surface area contributed by atoms with Crippen LogP contribution in [0.4, 0.5) is 5.69 Å². The molecule has 29 heavy (non-hydrogen) atoms. The molecule has 7 nitrogen and oxygen atoms in total. The molecule has 0 aromatic heterocycles. The molecule has 0 radical (unpaired) electrons. The van der Waals surface area contributed by atoms with E-state index in [0.29, 0.717) is 42.6 Å². The minimum Gasteiger partial charge on any atom is -0.497 e. The fraction of sp³-hybridized carbons (Fsp3) is 0.350. The van der Waals surface area contributed by atoms with E-state index in [1.165, 1.54) is 11.4 Å². The number of anilines is 1. The third-order valence-corrected chi connectivity index (χ3v) is 7.02. The first-order chi connectivity index (χ1) is 13.8. The summed E-state index contributed by atoms with van der Waals surface area (Å²) in [5, 5.41) is 3.30. The van der Waals surface area contributed by atoms with Crippen molar-refractivity contribution in [3.8, 4) is 5.75 Å². The number of ether oxygens (including phenoxy) is 1. The Morgan fingerprint density at radius 1 is 1.10 bits per heavy atom. The summed E-state index contributed by atoms with van der Waals surface area (Å²) >= 11 is 6.15. The number of piperazine rings is 1. The van der Waals surface area contributed by atoms with Crippen LogP contribution in [-0.2, 0) is 14.8 Å². The van der Waals surface area contributed by atoms with Gasteiger partial charge in [-0.2, -0.15) is 4.31 Å².